The molecule has 112 valence electrons. The smallest absolute Gasteiger partial charge is 0.310 e. The fraction of sp³-hybridized carbons (Fsp3) is 0.923. The maximum Gasteiger partial charge on any atom is 0.310 e. The SMILES string of the molecule is CCCC1(C(=O)O)CCCN(CCS(=O)(=O)CC)C1. The van der Waals surface area contributed by atoms with Crippen molar-refractivity contribution in [2.75, 3.05) is 31.1 Å². The van der Waals surface area contributed by atoms with Gasteiger partial charge in [-0.05, 0) is 25.8 Å². The Hall–Kier alpha value is -0.620. The molecule has 1 heterocycles. The molecular weight excluding hydrogens is 266 g/mol. The molecule has 1 unspecified atom stereocenters. The maximum atomic E-state index is 11.5. The minimum atomic E-state index is -2.98. The molecule has 1 atom stereocenters. The van der Waals surface area contributed by atoms with Gasteiger partial charge in [0.1, 0.15) is 0 Å². The highest BCUT2D eigenvalue weighted by molar-refractivity contribution is 7.91. The summed E-state index contributed by atoms with van der Waals surface area (Å²) in [6.45, 7) is 5.37. The summed E-state index contributed by atoms with van der Waals surface area (Å²) in [4.78, 5) is 13.5. The first-order valence-corrected chi connectivity index (χ1v) is 8.83. The van der Waals surface area contributed by atoms with Crippen molar-refractivity contribution in [1.82, 2.24) is 4.90 Å². The lowest BCUT2D eigenvalue weighted by Crippen LogP contribution is -2.48. The van der Waals surface area contributed by atoms with Crippen molar-refractivity contribution in [3.63, 3.8) is 0 Å². The highest BCUT2D eigenvalue weighted by Crippen LogP contribution is 2.34. The number of carboxylic acids is 1. The van der Waals surface area contributed by atoms with Crippen LogP contribution in [0.15, 0.2) is 0 Å². The van der Waals surface area contributed by atoms with Crippen LogP contribution >= 0.6 is 0 Å². The number of nitrogens with zero attached hydrogens (tertiary/aromatic N) is 1. The second-order valence-corrected chi connectivity index (χ2v) is 7.92. The Balaban J connectivity index is 2.65. The van der Waals surface area contributed by atoms with E-state index in [1.807, 2.05) is 11.8 Å². The summed E-state index contributed by atoms with van der Waals surface area (Å²) in [6, 6.07) is 0. The summed E-state index contributed by atoms with van der Waals surface area (Å²) in [7, 11) is -2.98. The average molecular weight is 291 g/mol. The monoisotopic (exact) mass is 291 g/mol. The lowest BCUT2D eigenvalue weighted by Gasteiger charge is -2.39. The Bertz CT molecular complexity index is 403. The fourth-order valence-electron chi connectivity index (χ4n) is 2.79. The van der Waals surface area contributed by atoms with Crippen LogP contribution in [-0.4, -0.2) is 55.5 Å². The number of aliphatic carboxylic acids is 1. The van der Waals surface area contributed by atoms with E-state index in [9.17, 15) is 18.3 Å². The van der Waals surface area contributed by atoms with Gasteiger partial charge < -0.3 is 10.0 Å². The zero-order valence-corrected chi connectivity index (χ0v) is 12.7. The highest BCUT2D eigenvalue weighted by atomic mass is 32.2. The molecule has 0 radical (unpaired) electrons. The third-order valence-electron chi connectivity index (χ3n) is 4.00. The number of rotatable bonds is 7. The minimum Gasteiger partial charge on any atom is -0.481 e. The Labute approximate surface area is 115 Å². The molecule has 1 saturated heterocycles. The molecule has 0 bridgehead atoms. The van der Waals surface area contributed by atoms with Crippen molar-refractivity contribution >= 4 is 15.8 Å². The van der Waals surface area contributed by atoms with E-state index in [1.54, 1.807) is 6.92 Å². The third-order valence-corrected chi connectivity index (χ3v) is 5.68. The molecule has 5 nitrogen and oxygen atoms in total. The van der Waals surface area contributed by atoms with Gasteiger partial charge in [0.2, 0.25) is 0 Å². The first kappa shape index (κ1) is 16.4. The molecule has 19 heavy (non-hydrogen) atoms. The molecule has 0 aliphatic carbocycles. The second-order valence-electron chi connectivity index (χ2n) is 5.45. The van der Waals surface area contributed by atoms with E-state index in [1.165, 1.54) is 0 Å². The van der Waals surface area contributed by atoms with Crippen LogP contribution < -0.4 is 0 Å². The van der Waals surface area contributed by atoms with E-state index in [2.05, 4.69) is 0 Å². The van der Waals surface area contributed by atoms with Crippen LogP contribution in [0.25, 0.3) is 0 Å². The quantitative estimate of drug-likeness (QED) is 0.767. The molecule has 1 aliphatic heterocycles. The van der Waals surface area contributed by atoms with Crippen LogP contribution in [0, 0.1) is 5.41 Å². The van der Waals surface area contributed by atoms with Crippen molar-refractivity contribution < 1.29 is 18.3 Å². The van der Waals surface area contributed by atoms with E-state index in [4.69, 9.17) is 0 Å². The molecule has 6 heteroatoms. The normalized spacial score (nSPS) is 25.4. The number of likely N-dealkylation sites (tertiary alicyclic amines) is 1. The summed E-state index contributed by atoms with van der Waals surface area (Å²) in [5, 5.41) is 9.47. The van der Waals surface area contributed by atoms with Gasteiger partial charge in [0.15, 0.2) is 9.84 Å². The molecule has 0 aromatic heterocycles. The number of carboxylic acid groups (broad SMARTS) is 1. The topological polar surface area (TPSA) is 74.7 Å². The van der Waals surface area contributed by atoms with Gasteiger partial charge in [-0.1, -0.05) is 20.3 Å². The van der Waals surface area contributed by atoms with Crippen LogP contribution in [0.5, 0.6) is 0 Å². The van der Waals surface area contributed by atoms with E-state index >= 15 is 0 Å². The van der Waals surface area contributed by atoms with Gasteiger partial charge in [0.25, 0.3) is 0 Å². The maximum absolute atomic E-state index is 11.5. The molecule has 1 rings (SSSR count). The third kappa shape index (κ3) is 4.45. The van der Waals surface area contributed by atoms with Crippen LogP contribution in [-0.2, 0) is 14.6 Å². The van der Waals surface area contributed by atoms with Gasteiger partial charge in [0, 0.05) is 18.8 Å². The zero-order valence-electron chi connectivity index (χ0n) is 11.9. The largest absolute Gasteiger partial charge is 0.481 e. The zero-order chi connectivity index (χ0) is 14.5. The summed E-state index contributed by atoms with van der Waals surface area (Å²) in [6.07, 6.45) is 3.04. The van der Waals surface area contributed by atoms with Crippen molar-refractivity contribution in [2.24, 2.45) is 5.41 Å². The van der Waals surface area contributed by atoms with Crippen LogP contribution in [0.1, 0.15) is 39.5 Å². The van der Waals surface area contributed by atoms with Crippen molar-refractivity contribution in [1.29, 1.82) is 0 Å². The number of hydrogen-bond acceptors (Lipinski definition) is 4. The van der Waals surface area contributed by atoms with Crippen LogP contribution in [0.2, 0.25) is 0 Å². The lowest BCUT2D eigenvalue weighted by atomic mass is 9.76. The molecule has 0 aromatic rings. The summed E-state index contributed by atoms with van der Waals surface area (Å²) in [5.41, 5.74) is -0.678. The Morgan fingerprint density at radius 3 is 2.58 bits per heavy atom. The van der Waals surface area contributed by atoms with Gasteiger partial charge in [-0.15, -0.1) is 0 Å². The number of hydrogen-bond donors (Lipinski definition) is 1. The van der Waals surface area contributed by atoms with Crippen molar-refractivity contribution in [3.8, 4) is 0 Å². The first-order valence-electron chi connectivity index (χ1n) is 7.01. The summed E-state index contributed by atoms with van der Waals surface area (Å²) >= 11 is 0. The Morgan fingerprint density at radius 1 is 1.37 bits per heavy atom. The van der Waals surface area contributed by atoms with E-state index in [0.717, 1.165) is 19.4 Å². The van der Waals surface area contributed by atoms with Gasteiger partial charge in [-0.3, -0.25) is 4.79 Å². The van der Waals surface area contributed by atoms with Crippen molar-refractivity contribution in [2.45, 2.75) is 39.5 Å². The van der Waals surface area contributed by atoms with Gasteiger partial charge in [0.05, 0.1) is 11.2 Å². The number of piperidine rings is 1. The standard InChI is InChI=1S/C13H25NO4S/c1-3-6-13(12(15)16)7-5-8-14(11-13)9-10-19(17,18)4-2/h3-11H2,1-2H3,(H,15,16). The predicted molar refractivity (Wildman–Crippen MR) is 75.0 cm³/mol. The van der Waals surface area contributed by atoms with E-state index < -0.39 is 21.2 Å². The fourth-order valence-corrected chi connectivity index (χ4v) is 3.62. The number of sulfone groups is 1. The van der Waals surface area contributed by atoms with Crippen molar-refractivity contribution in [3.05, 3.63) is 0 Å². The molecular formula is C13H25NO4S. The summed E-state index contributed by atoms with van der Waals surface area (Å²) < 4.78 is 23.0. The molecule has 0 amide bonds. The van der Waals surface area contributed by atoms with Gasteiger partial charge >= 0.3 is 5.97 Å². The molecule has 1 fully saturated rings. The Kier molecular flexibility index (Phi) is 5.80. The molecule has 0 saturated carbocycles. The van der Waals surface area contributed by atoms with E-state index in [-0.39, 0.29) is 11.5 Å². The predicted octanol–water partition coefficient (Wildman–Crippen LogP) is 1.39. The molecule has 1 aliphatic rings. The van der Waals surface area contributed by atoms with E-state index in [0.29, 0.717) is 25.9 Å². The average Bonchev–Trinajstić information content (AvgIpc) is 2.37. The minimum absolute atomic E-state index is 0.130. The second kappa shape index (κ2) is 6.70. The molecule has 0 aromatic carbocycles. The Morgan fingerprint density at radius 2 is 2.05 bits per heavy atom. The van der Waals surface area contributed by atoms with Gasteiger partial charge in [-0.25, -0.2) is 8.42 Å². The molecule has 0 spiro atoms. The van der Waals surface area contributed by atoms with Gasteiger partial charge in [-0.2, -0.15) is 0 Å². The first-order chi connectivity index (χ1) is 8.85. The van der Waals surface area contributed by atoms with Crippen LogP contribution in [0.3, 0.4) is 0 Å². The number of carbonyl (C=O) groups is 1. The highest BCUT2D eigenvalue weighted by Gasteiger charge is 2.41. The lowest BCUT2D eigenvalue weighted by molar-refractivity contribution is -0.153. The molecule has 1 N–H and O–H groups in total. The van der Waals surface area contributed by atoms with Crippen LogP contribution in [0.4, 0.5) is 0 Å². The summed E-state index contributed by atoms with van der Waals surface area (Å²) in [5.74, 6) is -0.456.